The molecule has 33 heteroatoms. The summed E-state index contributed by atoms with van der Waals surface area (Å²) in [5.41, 5.74) is 16.0. The molecule has 1 spiro atoms. The molecule has 4 fully saturated rings. The van der Waals surface area contributed by atoms with Gasteiger partial charge in [-0.15, -0.1) is 0 Å². The molecule has 16 aromatic rings. The number of aromatic nitrogens is 15. The number of fused-ring (bicyclic) bond motifs is 3. The van der Waals surface area contributed by atoms with E-state index in [4.69, 9.17) is 64.9 Å². The Morgan fingerprint density at radius 2 is 0.677 bits per heavy atom. The second kappa shape index (κ2) is 43.6. The molecule has 6 N–H and O–H groups in total. The van der Waals surface area contributed by atoms with Gasteiger partial charge in [-0.2, -0.15) is 0 Å². The summed E-state index contributed by atoms with van der Waals surface area (Å²) in [5, 5.41) is 55.9. The molecule has 4 saturated carbocycles. The van der Waals surface area contributed by atoms with Crippen molar-refractivity contribution in [2.75, 3.05) is 0 Å². The van der Waals surface area contributed by atoms with E-state index in [0.29, 0.717) is 82.8 Å². The van der Waals surface area contributed by atoms with Gasteiger partial charge in [0.25, 0.3) is 0 Å². The first-order valence-electron chi connectivity index (χ1n) is 38.7. The quantitative estimate of drug-likeness (QED) is 0.0339. The van der Waals surface area contributed by atoms with Crippen LogP contribution >= 0.6 is 111 Å². The number of nitrogens with zero attached hydrogens (tertiary/aromatic N) is 15. The van der Waals surface area contributed by atoms with Gasteiger partial charge in [-0.25, -0.2) is 44.9 Å². The van der Waals surface area contributed by atoms with Crippen LogP contribution in [0.2, 0.25) is 15.1 Å². The van der Waals surface area contributed by atoms with E-state index in [1.165, 1.54) is 60.4 Å². The summed E-state index contributed by atoms with van der Waals surface area (Å²) < 4.78 is 2.08. The zero-order chi connectivity index (χ0) is 86.6. The summed E-state index contributed by atoms with van der Waals surface area (Å²) in [7, 11) is -0.310. The fourth-order valence-electron chi connectivity index (χ4n) is 16.0. The second-order valence-corrected chi connectivity index (χ2v) is 41.3. The van der Waals surface area contributed by atoms with Crippen molar-refractivity contribution in [2.24, 2.45) is 23.7 Å². The van der Waals surface area contributed by atoms with Crippen molar-refractivity contribution in [2.45, 2.75) is 37.5 Å². The van der Waals surface area contributed by atoms with Gasteiger partial charge >= 0.3 is 65.6 Å². The predicted molar refractivity (Wildman–Crippen MR) is 508 cm³/mol. The Kier molecular flexibility index (Phi) is 31.9. The maximum absolute atomic E-state index is 9.77. The standard InChI is InChI=1S/C25H16ClN5.C22H23BO2.C19H11BrClN5.C13H8BrN5.C6H5BBrClO2.C6H7BO2.HI2S/c26-22-14-20(17-5-2-1-3-6-17)13-21(15-22)25-30-23(18-8-11-27-12-9-18)29-24(31-25)19-7-4-10-28-16-19;24-23(25)17-5-6-19-18-3-1-2-4-20(18)22(21(19)12-17)15-8-13-7-14(10-15)11-16(22)9-13;20-15-8-14(9-16(21)10-15)19-25-17(12-3-6-22-7-4-12)24-18(26-19)13-2-1-5-23-11-13;14-13-18-11(9-3-6-15-7-4-9)17-12(19-13)10-2-1-5-16-8-10;8-5-1-4(7(10)11)2-6(9)3-5;8-7(9)6-4-2-1-3-5-6;1-2-3/h1-16H;1-6,12-16,24-25H,7-11H2;1-11H;1-8H;1-3,10-11H;1-5,8-9H;3H/q;;;;;;-1. The third-order valence-electron chi connectivity index (χ3n) is 21.0. The van der Waals surface area contributed by atoms with Gasteiger partial charge in [0, 0.05) is 148 Å². The van der Waals surface area contributed by atoms with Gasteiger partial charge in [0.1, 0.15) is 0 Å². The van der Waals surface area contributed by atoms with E-state index in [-0.39, 0.29) is 21.3 Å². The summed E-state index contributed by atoms with van der Waals surface area (Å²) >= 11 is 30.8. The van der Waals surface area contributed by atoms with Crippen molar-refractivity contribution in [1.82, 2.24) is 74.8 Å². The molecule has 618 valence electrons. The van der Waals surface area contributed by atoms with Gasteiger partial charge in [-0.1, -0.05) is 170 Å². The molecule has 0 amide bonds. The number of benzene rings is 7. The van der Waals surface area contributed by atoms with Crippen LogP contribution in [0.4, 0.5) is 0 Å². The first-order valence-corrected chi connectivity index (χ1v) is 51.7. The van der Waals surface area contributed by atoms with E-state index < -0.39 is 21.4 Å². The Hall–Kier alpha value is -9.46. The van der Waals surface area contributed by atoms with E-state index in [1.54, 1.807) is 111 Å². The molecule has 5 aliphatic rings. The SMILES string of the molecule is Brc1nc(-c2ccncc2)nc(-c2cccnc2)n1.Clc1cc(-c2ccccc2)cc(-c2nc(-c3ccncc3)nc(-c3cccnc3)n2)c1.Clc1cc(Br)cc(-c2nc(-c3ccncc3)nc(-c3cccnc3)n2)c1.OB(O)c1cc(Cl)cc(Br)c1.OB(O)c1ccc2c(c1)C1(c3ccccc3-2)C2CC3CC(C2)CC1C3.OB(O)c1ccccc1.S[I-]I. The van der Waals surface area contributed by atoms with E-state index >= 15 is 0 Å². The van der Waals surface area contributed by atoms with Crippen LogP contribution in [0.3, 0.4) is 0 Å². The zero-order valence-electron chi connectivity index (χ0n) is 65.3. The van der Waals surface area contributed by atoms with Gasteiger partial charge in [0.15, 0.2) is 46.6 Å². The third kappa shape index (κ3) is 23.0. The number of hydrogen-bond donors (Lipinski definition) is 7. The average Bonchev–Trinajstić information content (AvgIpc) is 1.42. The molecule has 0 aliphatic heterocycles. The Balaban J connectivity index is 0.000000125. The number of halogens is 8. The molecule has 0 atom stereocenters. The van der Waals surface area contributed by atoms with Crippen molar-refractivity contribution in [3.05, 3.63) is 345 Å². The summed E-state index contributed by atoms with van der Waals surface area (Å²) in [6, 6.07) is 72.5. The summed E-state index contributed by atoms with van der Waals surface area (Å²) in [6.07, 6.45) is 27.5. The maximum atomic E-state index is 9.77. The van der Waals surface area contributed by atoms with Crippen molar-refractivity contribution in [1.29, 1.82) is 0 Å². The predicted octanol–water partition coefficient (Wildman–Crippen LogP) is 15.3. The van der Waals surface area contributed by atoms with Crippen LogP contribution in [0.15, 0.2) is 319 Å². The molecular formula is C91H71B3Br3Cl3I2N15O6S-. The van der Waals surface area contributed by atoms with Crippen LogP contribution in [-0.4, -0.2) is 126 Å². The third-order valence-corrected chi connectivity index (χ3v) is 22.9. The molecule has 4 bridgehead atoms. The normalized spacial score (nSPS) is 15.6. The Morgan fingerprint density at radius 1 is 0.315 bits per heavy atom. The molecule has 7 aromatic carbocycles. The average molecular weight is 2140 g/mol. The topological polar surface area (TPSA) is 315 Å². The van der Waals surface area contributed by atoms with Gasteiger partial charge in [0.2, 0.25) is 4.73 Å². The summed E-state index contributed by atoms with van der Waals surface area (Å²) in [4.78, 5) is 65.6. The molecule has 0 radical (unpaired) electrons. The first-order chi connectivity index (χ1) is 60.3. The Morgan fingerprint density at radius 3 is 1.10 bits per heavy atom. The van der Waals surface area contributed by atoms with E-state index in [9.17, 15) is 10.0 Å². The molecular weight excluding hydrogens is 2060 g/mol. The number of hydrogen-bond acceptors (Lipinski definition) is 22. The van der Waals surface area contributed by atoms with Gasteiger partial charge < -0.3 is 30.1 Å². The fourth-order valence-corrected chi connectivity index (χ4v) is 18.3. The minimum absolute atomic E-state index is 0.115. The van der Waals surface area contributed by atoms with Gasteiger partial charge in [0.05, 0.1) is 0 Å². The molecule has 21 nitrogen and oxygen atoms in total. The van der Waals surface area contributed by atoms with Crippen LogP contribution in [0.25, 0.3) is 113 Å². The van der Waals surface area contributed by atoms with Crippen molar-refractivity contribution in [3.8, 4) is 113 Å². The molecule has 0 unspecified atom stereocenters. The monoisotopic (exact) mass is 2130 g/mol. The molecule has 0 saturated heterocycles. The summed E-state index contributed by atoms with van der Waals surface area (Å²) in [6.45, 7) is 0. The van der Waals surface area contributed by atoms with Crippen LogP contribution in [-0.2, 0) is 5.41 Å². The van der Waals surface area contributed by atoms with Crippen molar-refractivity contribution < 1.29 is 46.0 Å². The van der Waals surface area contributed by atoms with Gasteiger partial charge in [-0.05, 0) is 249 Å². The Bertz CT molecular complexity index is 6030. The number of pyridine rings is 6. The van der Waals surface area contributed by atoms with E-state index in [0.717, 1.165) is 88.3 Å². The number of rotatable bonds is 12. The molecule has 21 rings (SSSR count). The molecule has 124 heavy (non-hydrogen) atoms. The van der Waals surface area contributed by atoms with E-state index in [1.807, 2.05) is 152 Å². The first kappa shape index (κ1) is 90.8. The van der Waals surface area contributed by atoms with Crippen LogP contribution in [0.1, 0.15) is 43.2 Å². The Labute approximate surface area is 780 Å². The van der Waals surface area contributed by atoms with Crippen LogP contribution in [0, 0.1) is 23.7 Å². The van der Waals surface area contributed by atoms with Crippen molar-refractivity contribution in [3.63, 3.8) is 0 Å². The summed E-state index contributed by atoms with van der Waals surface area (Å²) in [5.74, 6) is 7.78. The molecule has 9 aromatic heterocycles. The minimum atomic E-state index is -1.47. The van der Waals surface area contributed by atoms with E-state index in [2.05, 4.69) is 177 Å². The fraction of sp³-hybridized carbons (Fsp3) is 0.110. The zero-order valence-corrected chi connectivity index (χ0v) is 77.5. The van der Waals surface area contributed by atoms with Crippen LogP contribution < -0.4 is 32.2 Å². The van der Waals surface area contributed by atoms with Crippen molar-refractivity contribution >= 4 is 149 Å². The molecule has 9 heterocycles. The van der Waals surface area contributed by atoms with Crippen LogP contribution in [0.5, 0.6) is 0 Å². The number of thiol groups is 1. The second-order valence-electron chi connectivity index (χ2n) is 28.9. The van der Waals surface area contributed by atoms with Gasteiger partial charge in [-0.3, -0.25) is 29.9 Å². The molecule has 5 aliphatic carbocycles.